The van der Waals surface area contributed by atoms with Gasteiger partial charge in [-0.25, -0.2) is 4.79 Å². The first kappa shape index (κ1) is 21.5. The van der Waals surface area contributed by atoms with Gasteiger partial charge in [-0.3, -0.25) is 0 Å². The number of carbonyl (C=O) groups excluding carboxylic acids is 1. The highest BCUT2D eigenvalue weighted by Crippen LogP contribution is 2.33. The zero-order chi connectivity index (χ0) is 21.1. The van der Waals surface area contributed by atoms with Gasteiger partial charge in [-0.2, -0.15) is 0 Å². The minimum Gasteiger partial charge on any atom is -0.465 e. The number of hydrogen-bond donors (Lipinski definition) is 4. The highest BCUT2D eigenvalue weighted by molar-refractivity contribution is 6.32. The second kappa shape index (κ2) is 9.08. The number of rotatable bonds is 5. The molecule has 1 fully saturated rings. The Balaban J connectivity index is 1.81. The smallest absolute Gasteiger partial charge is 0.337 e. The molecule has 2 unspecified atom stereocenters. The van der Waals surface area contributed by atoms with E-state index < -0.39 is 43.3 Å². The molecule has 156 valence electrons. The first-order valence-electron chi connectivity index (χ1n) is 8.81. The summed E-state index contributed by atoms with van der Waals surface area (Å²) < 4.78 is 15.6. The molecular formula is C20H21ClO8. The Morgan fingerprint density at radius 2 is 1.79 bits per heavy atom. The monoisotopic (exact) mass is 424 g/mol. The van der Waals surface area contributed by atoms with Gasteiger partial charge in [0.2, 0.25) is 6.29 Å². The quantitative estimate of drug-likeness (QED) is 0.523. The molecule has 3 rings (SSSR count). The molecule has 2 aromatic carbocycles. The van der Waals surface area contributed by atoms with Crippen LogP contribution in [0, 0.1) is 0 Å². The second-order valence-corrected chi connectivity index (χ2v) is 6.94. The molecule has 9 heteroatoms. The average Bonchev–Trinajstić information content (AvgIpc) is 2.74. The lowest BCUT2D eigenvalue weighted by molar-refractivity contribution is -0.277. The van der Waals surface area contributed by atoms with Crippen molar-refractivity contribution in [3.63, 3.8) is 0 Å². The SMILES string of the molecule is COC(=O)c1cccc(-c2ccc(O[C@H]3O[C@H](CO)[C@@H](O)C(O)C3O)c(Cl)c2)c1. The van der Waals surface area contributed by atoms with Crippen LogP contribution in [0.5, 0.6) is 5.75 Å². The van der Waals surface area contributed by atoms with Crippen LogP contribution in [0.4, 0.5) is 0 Å². The standard InChI is InChI=1S/C20H21ClO8/c1-27-19(26)12-4-2-3-10(7-12)11-5-6-14(13(21)8-11)28-20-18(25)17(24)16(23)15(9-22)29-20/h2-8,15-18,20,22-25H,9H2,1H3/t15-,16-,17?,18?,20+/m1/s1. The summed E-state index contributed by atoms with van der Waals surface area (Å²) in [6.45, 7) is -0.561. The lowest BCUT2D eigenvalue weighted by Crippen LogP contribution is -2.60. The van der Waals surface area contributed by atoms with Crippen molar-refractivity contribution in [1.29, 1.82) is 0 Å². The Bertz CT molecular complexity index is 871. The van der Waals surface area contributed by atoms with Crippen LogP contribution >= 0.6 is 11.6 Å². The largest absolute Gasteiger partial charge is 0.465 e. The van der Waals surface area contributed by atoms with Crippen molar-refractivity contribution in [2.75, 3.05) is 13.7 Å². The zero-order valence-corrected chi connectivity index (χ0v) is 16.2. The van der Waals surface area contributed by atoms with Crippen LogP contribution in [0.2, 0.25) is 5.02 Å². The molecule has 1 heterocycles. The number of carbonyl (C=O) groups is 1. The minimum atomic E-state index is -1.55. The van der Waals surface area contributed by atoms with Crippen LogP contribution in [-0.4, -0.2) is 70.8 Å². The molecule has 0 amide bonds. The van der Waals surface area contributed by atoms with Gasteiger partial charge in [0.15, 0.2) is 0 Å². The van der Waals surface area contributed by atoms with Gasteiger partial charge in [0, 0.05) is 0 Å². The van der Waals surface area contributed by atoms with Gasteiger partial charge in [0.25, 0.3) is 0 Å². The third-order valence-corrected chi connectivity index (χ3v) is 4.94. The summed E-state index contributed by atoms with van der Waals surface area (Å²) in [5, 5.41) is 39.2. The normalized spacial score (nSPS) is 26.8. The number of benzene rings is 2. The van der Waals surface area contributed by atoms with Crippen molar-refractivity contribution < 1.29 is 39.4 Å². The molecule has 4 N–H and O–H groups in total. The first-order valence-corrected chi connectivity index (χ1v) is 9.19. The van der Waals surface area contributed by atoms with E-state index in [0.717, 1.165) is 5.56 Å². The number of methoxy groups -OCH3 is 1. The Kier molecular flexibility index (Phi) is 6.74. The molecule has 1 aliphatic heterocycles. The maximum Gasteiger partial charge on any atom is 0.337 e. The fourth-order valence-electron chi connectivity index (χ4n) is 3.01. The van der Waals surface area contributed by atoms with E-state index in [1.165, 1.54) is 7.11 Å². The van der Waals surface area contributed by atoms with Crippen LogP contribution in [0.25, 0.3) is 11.1 Å². The van der Waals surface area contributed by atoms with Crippen LogP contribution in [0.3, 0.4) is 0 Å². The molecule has 1 aliphatic rings. The van der Waals surface area contributed by atoms with E-state index in [9.17, 15) is 25.2 Å². The van der Waals surface area contributed by atoms with Crippen LogP contribution in [0.15, 0.2) is 42.5 Å². The van der Waals surface area contributed by atoms with Gasteiger partial charge in [-0.1, -0.05) is 29.8 Å². The van der Waals surface area contributed by atoms with Gasteiger partial charge in [0.1, 0.15) is 30.2 Å². The van der Waals surface area contributed by atoms with Crippen molar-refractivity contribution in [2.45, 2.75) is 30.7 Å². The molecule has 2 aromatic rings. The highest BCUT2D eigenvalue weighted by atomic mass is 35.5. The van der Waals surface area contributed by atoms with E-state index in [1.807, 2.05) is 0 Å². The second-order valence-electron chi connectivity index (χ2n) is 6.53. The van der Waals surface area contributed by atoms with Crippen LogP contribution in [-0.2, 0) is 9.47 Å². The molecule has 0 bridgehead atoms. The number of esters is 1. The van der Waals surface area contributed by atoms with Gasteiger partial charge in [-0.15, -0.1) is 0 Å². The molecule has 0 aliphatic carbocycles. The van der Waals surface area contributed by atoms with E-state index in [4.69, 9.17) is 25.8 Å². The Labute approximate surface area is 171 Å². The predicted molar refractivity (Wildman–Crippen MR) is 103 cm³/mol. The highest BCUT2D eigenvalue weighted by Gasteiger charge is 2.44. The van der Waals surface area contributed by atoms with Crippen molar-refractivity contribution in [2.24, 2.45) is 0 Å². The van der Waals surface area contributed by atoms with E-state index in [2.05, 4.69) is 0 Å². The summed E-state index contributed by atoms with van der Waals surface area (Å²) in [4.78, 5) is 11.7. The number of ether oxygens (including phenoxy) is 3. The van der Waals surface area contributed by atoms with Crippen LogP contribution in [0.1, 0.15) is 10.4 Å². The van der Waals surface area contributed by atoms with Crippen molar-refractivity contribution >= 4 is 17.6 Å². The molecule has 8 nitrogen and oxygen atoms in total. The molecule has 0 aromatic heterocycles. The van der Waals surface area contributed by atoms with Gasteiger partial charge < -0.3 is 34.6 Å². The molecule has 29 heavy (non-hydrogen) atoms. The predicted octanol–water partition coefficient (Wildman–Crippen LogP) is 0.972. The molecule has 5 atom stereocenters. The molecule has 0 saturated carbocycles. The summed E-state index contributed by atoms with van der Waals surface area (Å²) in [7, 11) is 1.30. The Morgan fingerprint density at radius 3 is 2.45 bits per heavy atom. The van der Waals surface area contributed by atoms with E-state index in [1.54, 1.807) is 42.5 Å². The van der Waals surface area contributed by atoms with Crippen molar-refractivity contribution in [3.05, 3.63) is 53.1 Å². The van der Waals surface area contributed by atoms with Gasteiger partial charge in [-0.05, 0) is 35.4 Å². The van der Waals surface area contributed by atoms with Gasteiger partial charge in [0.05, 0.1) is 24.3 Å². The Morgan fingerprint density at radius 1 is 1.07 bits per heavy atom. The number of hydrogen-bond acceptors (Lipinski definition) is 8. The van der Waals surface area contributed by atoms with Crippen molar-refractivity contribution in [1.82, 2.24) is 0 Å². The molecule has 0 spiro atoms. The first-order chi connectivity index (χ1) is 13.8. The fraction of sp³-hybridized carbons (Fsp3) is 0.350. The third kappa shape index (κ3) is 4.53. The fourth-order valence-corrected chi connectivity index (χ4v) is 3.23. The van der Waals surface area contributed by atoms with E-state index >= 15 is 0 Å². The summed E-state index contributed by atoms with van der Waals surface area (Å²) in [6, 6.07) is 11.7. The van der Waals surface area contributed by atoms with Crippen LogP contribution < -0.4 is 4.74 Å². The zero-order valence-electron chi connectivity index (χ0n) is 15.4. The lowest BCUT2D eigenvalue weighted by atomic mass is 9.99. The Hall–Kier alpha value is -2.20. The maximum atomic E-state index is 11.7. The minimum absolute atomic E-state index is 0.170. The summed E-state index contributed by atoms with van der Waals surface area (Å²) >= 11 is 6.30. The number of aliphatic hydroxyl groups excluding tert-OH is 4. The topological polar surface area (TPSA) is 126 Å². The average molecular weight is 425 g/mol. The summed E-state index contributed by atoms with van der Waals surface area (Å²) in [5.41, 5.74) is 1.83. The summed E-state index contributed by atoms with van der Waals surface area (Å²) in [6.07, 6.45) is -6.99. The van der Waals surface area contributed by atoms with E-state index in [-0.39, 0.29) is 10.8 Å². The maximum absolute atomic E-state index is 11.7. The molecular weight excluding hydrogens is 404 g/mol. The number of halogens is 1. The third-order valence-electron chi connectivity index (χ3n) is 4.64. The number of aliphatic hydroxyl groups is 4. The lowest BCUT2D eigenvalue weighted by Gasteiger charge is -2.39. The van der Waals surface area contributed by atoms with Gasteiger partial charge >= 0.3 is 5.97 Å². The molecule has 1 saturated heterocycles. The van der Waals surface area contributed by atoms with E-state index in [0.29, 0.717) is 11.1 Å². The molecule has 0 radical (unpaired) electrons. The van der Waals surface area contributed by atoms with Crippen molar-refractivity contribution in [3.8, 4) is 16.9 Å². The summed E-state index contributed by atoms with van der Waals surface area (Å²) in [5.74, 6) is -0.288.